The van der Waals surface area contributed by atoms with Crippen molar-refractivity contribution in [2.45, 2.75) is 19.4 Å². The predicted molar refractivity (Wildman–Crippen MR) is 62.5 cm³/mol. The maximum absolute atomic E-state index is 10.5. The van der Waals surface area contributed by atoms with Gasteiger partial charge in [-0.05, 0) is 6.92 Å². The standard InChI is InChI=1S/C10H15NO6S/c1-8-7-15-9-5-11(6-10(9)17-8)16-3-2-4-18(12,13)14/h5-6,8H,2-4,7H2,1H3,(H,12,13,14). The molecule has 0 aromatic carbocycles. The predicted octanol–water partition coefficient (Wildman–Crippen LogP) is 0.354. The van der Waals surface area contributed by atoms with Gasteiger partial charge >= 0.3 is 0 Å². The van der Waals surface area contributed by atoms with Crippen molar-refractivity contribution in [2.75, 3.05) is 19.0 Å². The summed E-state index contributed by atoms with van der Waals surface area (Å²) in [6.45, 7) is 2.55. The van der Waals surface area contributed by atoms with Crippen LogP contribution in [0.5, 0.6) is 11.5 Å². The summed E-state index contributed by atoms with van der Waals surface area (Å²) < 4.78 is 41.9. The Bertz CT molecular complexity index is 508. The van der Waals surface area contributed by atoms with E-state index in [0.29, 0.717) is 18.1 Å². The molecule has 0 bridgehead atoms. The second-order valence-electron chi connectivity index (χ2n) is 4.06. The van der Waals surface area contributed by atoms with Crippen LogP contribution >= 0.6 is 0 Å². The Hall–Kier alpha value is -1.41. The Morgan fingerprint density at radius 1 is 1.50 bits per heavy atom. The summed E-state index contributed by atoms with van der Waals surface area (Å²) in [6, 6.07) is 0. The number of rotatable bonds is 5. The van der Waals surface area contributed by atoms with Gasteiger partial charge in [-0.2, -0.15) is 13.1 Å². The normalized spacial score (nSPS) is 18.7. The van der Waals surface area contributed by atoms with Gasteiger partial charge in [0.1, 0.15) is 19.3 Å². The molecule has 0 saturated carbocycles. The molecule has 1 aromatic heterocycles. The average molecular weight is 277 g/mol. The van der Waals surface area contributed by atoms with Gasteiger partial charge in [-0.3, -0.25) is 4.55 Å². The van der Waals surface area contributed by atoms with Crippen LogP contribution in [0.4, 0.5) is 0 Å². The third kappa shape index (κ3) is 3.54. The first kappa shape index (κ1) is 13.0. The van der Waals surface area contributed by atoms with Gasteiger partial charge in [0, 0.05) is 6.42 Å². The average Bonchev–Trinajstić information content (AvgIpc) is 2.65. The lowest BCUT2D eigenvalue weighted by molar-refractivity contribution is 0.105. The van der Waals surface area contributed by atoms with E-state index in [9.17, 15) is 8.42 Å². The first-order valence-electron chi connectivity index (χ1n) is 5.54. The highest BCUT2D eigenvalue weighted by Gasteiger charge is 2.19. The van der Waals surface area contributed by atoms with E-state index in [0.717, 1.165) is 0 Å². The van der Waals surface area contributed by atoms with Crippen molar-refractivity contribution in [2.24, 2.45) is 0 Å². The highest BCUT2D eigenvalue weighted by molar-refractivity contribution is 7.85. The summed E-state index contributed by atoms with van der Waals surface area (Å²) >= 11 is 0. The quantitative estimate of drug-likeness (QED) is 0.617. The van der Waals surface area contributed by atoms with Crippen LogP contribution in [0.15, 0.2) is 12.4 Å². The van der Waals surface area contributed by atoms with Crippen LogP contribution in [-0.2, 0) is 10.1 Å². The van der Waals surface area contributed by atoms with E-state index in [1.165, 1.54) is 4.73 Å². The lowest BCUT2D eigenvalue weighted by Gasteiger charge is -2.20. The molecule has 1 N–H and O–H groups in total. The number of aromatic nitrogens is 1. The number of nitrogens with zero attached hydrogens (tertiary/aromatic N) is 1. The number of fused-ring (bicyclic) bond motifs is 1. The van der Waals surface area contributed by atoms with Crippen LogP contribution in [-0.4, -0.2) is 42.8 Å². The minimum Gasteiger partial charge on any atom is -0.484 e. The third-order valence-electron chi connectivity index (χ3n) is 2.32. The van der Waals surface area contributed by atoms with E-state index in [-0.39, 0.29) is 24.9 Å². The van der Waals surface area contributed by atoms with Crippen molar-refractivity contribution in [3.8, 4) is 11.5 Å². The molecule has 0 aliphatic carbocycles. The second-order valence-corrected chi connectivity index (χ2v) is 5.63. The van der Waals surface area contributed by atoms with E-state index in [2.05, 4.69) is 0 Å². The molecule has 1 aliphatic heterocycles. The SMILES string of the molecule is CC1COc2cn(OCCCS(=O)(=O)O)cc2O1. The molecule has 8 heteroatoms. The van der Waals surface area contributed by atoms with E-state index in [1.54, 1.807) is 12.4 Å². The molecule has 1 aromatic rings. The van der Waals surface area contributed by atoms with Crippen LogP contribution in [0.1, 0.15) is 13.3 Å². The number of ether oxygens (including phenoxy) is 2. The zero-order valence-corrected chi connectivity index (χ0v) is 10.7. The molecule has 2 heterocycles. The van der Waals surface area contributed by atoms with Crippen molar-refractivity contribution in [1.29, 1.82) is 0 Å². The smallest absolute Gasteiger partial charge is 0.264 e. The van der Waals surface area contributed by atoms with Crippen LogP contribution in [0.3, 0.4) is 0 Å². The maximum atomic E-state index is 10.5. The van der Waals surface area contributed by atoms with Gasteiger partial charge in [-0.15, -0.1) is 0 Å². The van der Waals surface area contributed by atoms with Crippen molar-refractivity contribution in [3.63, 3.8) is 0 Å². The van der Waals surface area contributed by atoms with Gasteiger partial charge in [-0.1, -0.05) is 0 Å². The summed E-state index contributed by atoms with van der Waals surface area (Å²) in [5.41, 5.74) is 0. The van der Waals surface area contributed by atoms with Gasteiger partial charge < -0.3 is 14.3 Å². The van der Waals surface area contributed by atoms with E-state index < -0.39 is 10.1 Å². The third-order valence-corrected chi connectivity index (χ3v) is 3.13. The molecule has 102 valence electrons. The van der Waals surface area contributed by atoms with Gasteiger partial charge in [0.25, 0.3) is 10.1 Å². The van der Waals surface area contributed by atoms with Gasteiger partial charge in [0.2, 0.25) is 0 Å². The molecule has 2 rings (SSSR count). The van der Waals surface area contributed by atoms with Gasteiger partial charge in [0.15, 0.2) is 11.5 Å². The van der Waals surface area contributed by atoms with Crippen LogP contribution < -0.4 is 14.3 Å². The summed E-state index contributed by atoms with van der Waals surface area (Å²) in [7, 11) is -3.93. The van der Waals surface area contributed by atoms with E-state index in [1.807, 2.05) is 6.92 Å². The summed E-state index contributed by atoms with van der Waals surface area (Å²) in [5, 5.41) is 0. The summed E-state index contributed by atoms with van der Waals surface area (Å²) in [6.07, 6.45) is 3.44. The molecule has 0 radical (unpaired) electrons. The molecular formula is C10H15NO6S. The molecule has 1 atom stereocenters. The lowest BCUT2D eigenvalue weighted by Crippen LogP contribution is -2.24. The Morgan fingerprint density at radius 2 is 2.22 bits per heavy atom. The Kier molecular flexibility index (Phi) is 3.67. The molecule has 0 amide bonds. The molecule has 1 aliphatic rings. The van der Waals surface area contributed by atoms with Crippen molar-refractivity contribution < 1.29 is 27.3 Å². The number of hydrogen-bond acceptors (Lipinski definition) is 5. The fourth-order valence-electron chi connectivity index (χ4n) is 1.54. The zero-order valence-electron chi connectivity index (χ0n) is 9.90. The first-order chi connectivity index (χ1) is 8.44. The molecule has 1 unspecified atom stereocenters. The van der Waals surface area contributed by atoms with Crippen LogP contribution in [0, 0.1) is 0 Å². The fourth-order valence-corrected chi connectivity index (χ4v) is 2.02. The highest BCUT2D eigenvalue weighted by atomic mass is 32.2. The molecule has 0 spiro atoms. The number of hydrogen-bond donors (Lipinski definition) is 1. The van der Waals surface area contributed by atoms with Gasteiger partial charge in [-0.25, -0.2) is 0 Å². The summed E-state index contributed by atoms with van der Waals surface area (Å²) in [4.78, 5) is 5.27. The Balaban J connectivity index is 1.84. The molecular weight excluding hydrogens is 262 g/mol. The highest BCUT2D eigenvalue weighted by Crippen LogP contribution is 2.32. The minimum absolute atomic E-state index is 0.00659. The fraction of sp³-hybridized carbons (Fsp3) is 0.600. The van der Waals surface area contributed by atoms with Crippen molar-refractivity contribution >= 4 is 10.1 Å². The first-order valence-corrected chi connectivity index (χ1v) is 7.15. The monoisotopic (exact) mass is 277 g/mol. The summed E-state index contributed by atoms with van der Waals surface area (Å²) in [5.74, 6) is 0.879. The molecule has 18 heavy (non-hydrogen) atoms. The largest absolute Gasteiger partial charge is 0.484 e. The molecule has 0 fully saturated rings. The molecule has 7 nitrogen and oxygen atoms in total. The van der Waals surface area contributed by atoms with Crippen LogP contribution in [0.25, 0.3) is 0 Å². The van der Waals surface area contributed by atoms with Crippen molar-refractivity contribution in [1.82, 2.24) is 4.73 Å². The second kappa shape index (κ2) is 5.07. The zero-order chi connectivity index (χ0) is 13.2. The molecule has 0 saturated heterocycles. The van der Waals surface area contributed by atoms with E-state index >= 15 is 0 Å². The minimum atomic E-state index is -3.93. The maximum Gasteiger partial charge on any atom is 0.264 e. The van der Waals surface area contributed by atoms with E-state index in [4.69, 9.17) is 18.9 Å². The van der Waals surface area contributed by atoms with Crippen molar-refractivity contribution in [3.05, 3.63) is 12.4 Å². The van der Waals surface area contributed by atoms with Gasteiger partial charge in [0.05, 0.1) is 18.1 Å². The lowest BCUT2D eigenvalue weighted by atomic mass is 10.4. The Morgan fingerprint density at radius 3 is 2.94 bits per heavy atom. The Labute approximate surface area is 105 Å². The topological polar surface area (TPSA) is 87.0 Å². The van der Waals surface area contributed by atoms with Crippen LogP contribution in [0.2, 0.25) is 0 Å².